The first-order valence-electron chi connectivity index (χ1n) is 8.71. The van der Waals surface area contributed by atoms with E-state index in [0.29, 0.717) is 30.5 Å². The van der Waals surface area contributed by atoms with Crippen LogP contribution >= 0.6 is 11.8 Å². The van der Waals surface area contributed by atoms with E-state index in [2.05, 4.69) is 9.88 Å². The van der Waals surface area contributed by atoms with E-state index in [1.807, 2.05) is 29.2 Å². The third-order valence-electron chi connectivity index (χ3n) is 4.99. The maximum absolute atomic E-state index is 12.4. The van der Waals surface area contributed by atoms with Crippen molar-refractivity contribution in [2.24, 2.45) is 0 Å². The summed E-state index contributed by atoms with van der Waals surface area (Å²) in [4.78, 5) is 20.9. The van der Waals surface area contributed by atoms with Gasteiger partial charge < -0.3 is 9.32 Å². The molecule has 0 saturated carbocycles. The fourth-order valence-electron chi connectivity index (χ4n) is 3.53. The molecule has 1 atom stereocenters. The Morgan fingerprint density at radius 3 is 2.69 bits per heavy atom. The molecule has 140 valence electrons. The molecule has 1 aromatic heterocycles. The third kappa shape index (κ3) is 3.89. The maximum Gasteiger partial charge on any atom is 0.257 e. The molecule has 4 rings (SSSR count). The van der Waals surface area contributed by atoms with Crippen LogP contribution in [0, 0.1) is 0 Å². The highest BCUT2D eigenvalue weighted by Gasteiger charge is 2.34. The van der Waals surface area contributed by atoms with Gasteiger partial charge in [0.25, 0.3) is 5.22 Å². The van der Waals surface area contributed by atoms with E-state index in [1.165, 1.54) is 11.8 Å². The Morgan fingerprint density at radius 2 is 2.00 bits per heavy atom. The average Bonchev–Trinajstić information content (AvgIpc) is 3.22. The van der Waals surface area contributed by atoms with Gasteiger partial charge in [0.1, 0.15) is 5.52 Å². The van der Waals surface area contributed by atoms with Crippen molar-refractivity contribution in [2.45, 2.75) is 17.7 Å². The molecule has 2 fully saturated rings. The van der Waals surface area contributed by atoms with Crippen LogP contribution < -0.4 is 0 Å². The van der Waals surface area contributed by atoms with Crippen molar-refractivity contribution >= 4 is 38.6 Å². The highest BCUT2D eigenvalue weighted by Crippen LogP contribution is 2.24. The van der Waals surface area contributed by atoms with E-state index in [9.17, 15) is 13.2 Å². The van der Waals surface area contributed by atoms with Gasteiger partial charge in [-0.1, -0.05) is 23.9 Å². The lowest BCUT2D eigenvalue weighted by atomic mass is 10.2. The molecule has 1 amide bonds. The number of nitrogens with zero attached hydrogens (tertiary/aromatic N) is 3. The highest BCUT2D eigenvalue weighted by molar-refractivity contribution is 7.99. The standard InChI is InChI=1S/C17H21N3O4S2/c21-16(11-25-17-18-14-3-1-2-4-15(14)24-17)20-8-6-19(7-9-20)13-5-10-26(22,23)12-13/h1-4,13H,5-12H2/t13-/m0/s1. The molecule has 2 aliphatic rings. The SMILES string of the molecule is O=C(CSc1nc2ccccc2o1)N1CCN([C@H]2CCS(=O)(=O)C2)CC1. The van der Waals surface area contributed by atoms with Gasteiger partial charge in [0.2, 0.25) is 5.91 Å². The Bertz CT molecular complexity index is 871. The smallest absolute Gasteiger partial charge is 0.257 e. The number of aromatic nitrogens is 1. The fraction of sp³-hybridized carbons (Fsp3) is 0.529. The molecule has 2 aromatic rings. The monoisotopic (exact) mass is 395 g/mol. The second kappa shape index (κ2) is 7.21. The second-order valence-corrected chi connectivity index (χ2v) is 9.87. The molecule has 2 aliphatic heterocycles. The Balaban J connectivity index is 1.27. The van der Waals surface area contributed by atoms with Crippen LogP contribution in [0.25, 0.3) is 11.1 Å². The molecule has 26 heavy (non-hydrogen) atoms. The van der Waals surface area contributed by atoms with Gasteiger partial charge in [-0.05, 0) is 18.6 Å². The quantitative estimate of drug-likeness (QED) is 0.721. The number of thioether (sulfide) groups is 1. The van der Waals surface area contributed by atoms with Crippen molar-refractivity contribution in [1.82, 2.24) is 14.8 Å². The molecule has 0 spiro atoms. The summed E-state index contributed by atoms with van der Waals surface area (Å²) >= 11 is 1.31. The van der Waals surface area contributed by atoms with Gasteiger partial charge in [0, 0.05) is 32.2 Å². The van der Waals surface area contributed by atoms with Crippen molar-refractivity contribution in [1.29, 1.82) is 0 Å². The lowest BCUT2D eigenvalue weighted by molar-refractivity contribution is -0.130. The van der Waals surface area contributed by atoms with Crippen molar-refractivity contribution < 1.29 is 17.6 Å². The topological polar surface area (TPSA) is 83.7 Å². The number of rotatable bonds is 4. The van der Waals surface area contributed by atoms with Crippen LogP contribution in [-0.4, -0.2) is 78.6 Å². The number of sulfone groups is 1. The van der Waals surface area contributed by atoms with Crippen molar-refractivity contribution in [3.8, 4) is 0 Å². The molecule has 0 aliphatic carbocycles. The second-order valence-electron chi connectivity index (χ2n) is 6.71. The van der Waals surface area contributed by atoms with Crippen LogP contribution in [0.5, 0.6) is 0 Å². The third-order valence-corrected chi connectivity index (χ3v) is 7.55. The number of oxazole rings is 1. The lowest BCUT2D eigenvalue weighted by Crippen LogP contribution is -2.52. The Kier molecular flexibility index (Phi) is 4.94. The minimum atomic E-state index is -2.87. The zero-order valence-corrected chi connectivity index (χ0v) is 16.0. The first-order chi connectivity index (χ1) is 12.5. The van der Waals surface area contributed by atoms with E-state index in [-0.39, 0.29) is 23.5 Å². The summed E-state index contributed by atoms with van der Waals surface area (Å²) in [7, 11) is -2.87. The van der Waals surface area contributed by atoms with E-state index in [1.54, 1.807) is 0 Å². The van der Waals surface area contributed by atoms with Crippen molar-refractivity contribution in [3.63, 3.8) is 0 Å². The minimum absolute atomic E-state index is 0.0657. The largest absolute Gasteiger partial charge is 0.431 e. The summed E-state index contributed by atoms with van der Waals surface area (Å²) in [5.74, 6) is 0.910. The van der Waals surface area contributed by atoms with Gasteiger partial charge >= 0.3 is 0 Å². The van der Waals surface area contributed by atoms with Crippen LogP contribution in [0.4, 0.5) is 0 Å². The number of carbonyl (C=O) groups excluding carboxylic acids is 1. The Morgan fingerprint density at radius 1 is 1.23 bits per heavy atom. The van der Waals surface area contributed by atoms with E-state index in [0.717, 1.165) is 24.2 Å². The van der Waals surface area contributed by atoms with Crippen LogP contribution in [0.3, 0.4) is 0 Å². The average molecular weight is 396 g/mol. The Labute approximate surface area is 156 Å². The summed E-state index contributed by atoms with van der Waals surface area (Å²) in [6.45, 7) is 2.76. The van der Waals surface area contributed by atoms with E-state index in [4.69, 9.17) is 4.42 Å². The van der Waals surface area contributed by atoms with Crippen molar-refractivity contribution in [3.05, 3.63) is 24.3 Å². The number of hydrogen-bond donors (Lipinski definition) is 0. The van der Waals surface area contributed by atoms with Crippen LogP contribution in [0.2, 0.25) is 0 Å². The number of amides is 1. The first kappa shape index (κ1) is 17.8. The van der Waals surface area contributed by atoms with Gasteiger partial charge in [-0.25, -0.2) is 13.4 Å². The fourth-order valence-corrected chi connectivity index (χ4v) is 6.03. The molecule has 9 heteroatoms. The zero-order valence-electron chi connectivity index (χ0n) is 14.3. The summed E-state index contributed by atoms with van der Waals surface area (Å²) in [6, 6.07) is 7.65. The summed E-state index contributed by atoms with van der Waals surface area (Å²) in [6.07, 6.45) is 0.712. The van der Waals surface area contributed by atoms with Gasteiger partial charge in [0.05, 0.1) is 17.3 Å². The molecule has 0 N–H and O–H groups in total. The van der Waals surface area contributed by atoms with Gasteiger partial charge in [-0.15, -0.1) is 0 Å². The molecular formula is C17H21N3O4S2. The number of carbonyl (C=O) groups is 1. The van der Waals surface area contributed by atoms with Crippen LogP contribution in [0.15, 0.2) is 33.9 Å². The molecule has 1 aromatic carbocycles. The molecule has 3 heterocycles. The van der Waals surface area contributed by atoms with E-state index >= 15 is 0 Å². The van der Waals surface area contributed by atoms with Gasteiger partial charge in [0.15, 0.2) is 15.4 Å². The van der Waals surface area contributed by atoms with Crippen molar-refractivity contribution in [2.75, 3.05) is 43.4 Å². The maximum atomic E-state index is 12.4. The summed E-state index contributed by atoms with van der Waals surface area (Å²) in [5.41, 5.74) is 1.52. The van der Waals surface area contributed by atoms with E-state index < -0.39 is 9.84 Å². The minimum Gasteiger partial charge on any atom is -0.431 e. The molecule has 0 radical (unpaired) electrons. The number of piperazine rings is 1. The molecule has 0 bridgehead atoms. The molecule has 2 saturated heterocycles. The highest BCUT2D eigenvalue weighted by atomic mass is 32.2. The van der Waals surface area contributed by atoms with Gasteiger partial charge in [-0.3, -0.25) is 9.69 Å². The lowest BCUT2D eigenvalue weighted by Gasteiger charge is -2.37. The van der Waals surface area contributed by atoms with Crippen LogP contribution in [0.1, 0.15) is 6.42 Å². The Hall–Kier alpha value is -1.58. The number of fused-ring (bicyclic) bond motifs is 1. The summed E-state index contributed by atoms with van der Waals surface area (Å²) in [5, 5.41) is 0.509. The molecular weight excluding hydrogens is 374 g/mol. The predicted octanol–water partition coefficient (Wildman–Crippen LogP) is 1.25. The molecule has 7 nitrogen and oxygen atoms in total. The number of hydrogen-bond acceptors (Lipinski definition) is 7. The van der Waals surface area contributed by atoms with Gasteiger partial charge in [-0.2, -0.15) is 0 Å². The first-order valence-corrected chi connectivity index (χ1v) is 11.5. The molecule has 0 unspecified atom stereocenters. The zero-order chi connectivity index (χ0) is 18.1. The van der Waals surface area contributed by atoms with Crippen LogP contribution in [-0.2, 0) is 14.6 Å². The predicted molar refractivity (Wildman–Crippen MR) is 99.9 cm³/mol. The number of para-hydroxylation sites is 2. The summed E-state index contributed by atoms with van der Waals surface area (Å²) < 4.78 is 28.9. The normalized spacial score (nSPS) is 23.5. The number of benzene rings is 1.